The van der Waals surface area contributed by atoms with Gasteiger partial charge in [-0.05, 0) is 25.2 Å². The van der Waals surface area contributed by atoms with E-state index in [1.54, 1.807) is 29.1 Å². The van der Waals surface area contributed by atoms with Gasteiger partial charge in [-0.3, -0.25) is 15.1 Å². The summed E-state index contributed by atoms with van der Waals surface area (Å²) in [5.41, 5.74) is 2.61. The Balaban J connectivity index is 1.79. The molecule has 0 amide bonds. The second-order valence-corrected chi connectivity index (χ2v) is 7.65. The first kappa shape index (κ1) is 15.1. The number of nitrogens with zero attached hydrogens (tertiary/aromatic N) is 4. The van der Waals surface area contributed by atoms with E-state index in [1.807, 2.05) is 0 Å². The van der Waals surface area contributed by atoms with Crippen LogP contribution in [0.1, 0.15) is 18.5 Å². The Labute approximate surface area is 129 Å². The topological polar surface area (TPSA) is 91.8 Å². The average Bonchev–Trinajstić information content (AvgIpc) is 3.01. The van der Waals surface area contributed by atoms with Gasteiger partial charge in [-0.2, -0.15) is 5.10 Å². The predicted molar refractivity (Wildman–Crippen MR) is 82.5 cm³/mol. The van der Waals surface area contributed by atoms with Crippen LogP contribution in [0.4, 0.5) is 0 Å². The predicted octanol–water partition coefficient (Wildman–Crippen LogP) is 1.08. The van der Waals surface area contributed by atoms with Gasteiger partial charge in [0, 0.05) is 37.2 Å². The van der Waals surface area contributed by atoms with Gasteiger partial charge in [0.05, 0.1) is 23.8 Å². The molecule has 0 saturated carbocycles. The first-order chi connectivity index (χ1) is 10.5. The Kier molecular flexibility index (Phi) is 4.21. The Bertz CT molecular complexity index is 729. The molecular formula is C14H19N5O2S. The molecule has 1 saturated heterocycles. The fourth-order valence-corrected chi connectivity index (χ4v) is 3.85. The van der Waals surface area contributed by atoms with Gasteiger partial charge in [0.2, 0.25) is 10.0 Å². The van der Waals surface area contributed by atoms with Crippen LogP contribution in [0.2, 0.25) is 0 Å². The summed E-state index contributed by atoms with van der Waals surface area (Å²) in [6.45, 7) is 1.17. The summed E-state index contributed by atoms with van der Waals surface area (Å²) in [7, 11) is -3.12. The Morgan fingerprint density at radius 3 is 2.91 bits per heavy atom. The molecule has 1 unspecified atom stereocenters. The van der Waals surface area contributed by atoms with E-state index in [0.717, 1.165) is 36.2 Å². The Morgan fingerprint density at radius 1 is 1.36 bits per heavy atom. The molecule has 2 aromatic rings. The largest absolute Gasteiger partial charge is 0.285 e. The fourth-order valence-electron chi connectivity index (χ4n) is 2.91. The fraction of sp³-hybridized carbons (Fsp3) is 0.500. The van der Waals surface area contributed by atoms with Crippen molar-refractivity contribution in [3.63, 3.8) is 0 Å². The van der Waals surface area contributed by atoms with E-state index >= 15 is 0 Å². The molecule has 0 bridgehead atoms. The van der Waals surface area contributed by atoms with E-state index < -0.39 is 10.0 Å². The zero-order valence-corrected chi connectivity index (χ0v) is 13.3. The van der Waals surface area contributed by atoms with Crippen molar-refractivity contribution in [2.24, 2.45) is 5.92 Å². The van der Waals surface area contributed by atoms with Gasteiger partial charge in [-0.1, -0.05) is 0 Å². The average molecular weight is 321 g/mol. The normalized spacial score (nSPS) is 20.1. The van der Waals surface area contributed by atoms with E-state index in [-0.39, 0.29) is 5.92 Å². The summed E-state index contributed by atoms with van der Waals surface area (Å²) in [6, 6.07) is 0. The second-order valence-electron chi connectivity index (χ2n) is 5.67. The lowest BCUT2D eigenvalue weighted by Crippen LogP contribution is -2.39. The van der Waals surface area contributed by atoms with Crippen molar-refractivity contribution < 1.29 is 8.42 Å². The minimum Gasteiger partial charge on any atom is -0.285 e. The van der Waals surface area contributed by atoms with Gasteiger partial charge < -0.3 is 0 Å². The van der Waals surface area contributed by atoms with Gasteiger partial charge in [-0.25, -0.2) is 12.7 Å². The van der Waals surface area contributed by atoms with Crippen LogP contribution in [0.5, 0.6) is 0 Å². The SMILES string of the molecule is CS(=O)(=O)N1CCCC(Cc2nccnc2-c2cn[nH]c2)C1. The summed E-state index contributed by atoms with van der Waals surface area (Å²) in [5, 5.41) is 6.73. The molecule has 7 nitrogen and oxygen atoms in total. The molecule has 1 atom stereocenters. The molecule has 1 N–H and O–H groups in total. The van der Waals surface area contributed by atoms with Crippen molar-refractivity contribution in [2.75, 3.05) is 19.3 Å². The number of H-pyrrole nitrogens is 1. The number of sulfonamides is 1. The van der Waals surface area contributed by atoms with E-state index in [0.29, 0.717) is 13.1 Å². The van der Waals surface area contributed by atoms with Crippen LogP contribution in [-0.2, 0) is 16.4 Å². The van der Waals surface area contributed by atoms with Crippen LogP contribution in [0.15, 0.2) is 24.8 Å². The molecular weight excluding hydrogens is 302 g/mol. The zero-order valence-electron chi connectivity index (χ0n) is 12.4. The van der Waals surface area contributed by atoms with Gasteiger partial charge in [-0.15, -0.1) is 0 Å². The Morgan fingerprint density at radius 2 is 2.18 bits per heavy atom. The molecule has 0 aliphatic carbocycles. The number of aromatic amines is 1. The number of rotatable bonds is 4. The molecule has 1 aliphatic heterocycles. The lowest BCUT2D eigenvalue weighted by atomic mass is 9.93. The van der Waals surface area contributed by atoms with Crippen molar-refractivity contribution >= 4 is 10.0 Å². The summed E-state index contributed by atoms with van der Waals surface area (Å²) in [5.74, 6) is 0.269. The number of piperidine rings is 1. The lowest BCUT2D eigenvalue weighted by molar-refractivity contribution is 0.265. The summed E-state index contributed by atoms with van der Waals surface area (Å²) >= 11 is 0. The molecule has 0 spiro atoms. The molecule has 3 heterocycles. The third-order valence-corrected chi connectivity index (χ3v) is 5.25. The highest BCUT2D eigenvalue weighted by Crippen LogP contribution is 2.25. The van der Waals surface area contributed by atoms with Crippen molar-refractivity contribution in [1.82, 2.24) is 24.5 Å². The minimum atomic E-state index is -3.12. The number of hydrogen-bond acceptors (Lipinski definition) is 5. The van der Waals surface area contributed by atoms with Crippen molar-refractivity contribution in [3.8, 4) is 11.3 Å². The van der Waals surface area contributed by atoms with Crippen molar-refractivity contribution in [1.29, 1.82) is 0 Å². The highest BCUT2D eigenvalue weighted by molar-refractivity contribution is 7.88. The highest BCUT2D eigenvalue weighted by atomic mass is 32.2. The van der Waals surface area contributed by atoms with Crippen LogP contribution in [0.25, 0.3) is 11.3 Å². The minimum absolute atomic E-state index is 0.269. The lowest BCUT2D eigenvalue weighted by Gasteiger charge is -2.30. The molecule has 1 fully saturated rings. The molecule has 22 heavy (non-hydrogen) atoms. The molecule has 0 aromatic carbocycles. The highest BCUT2D eigenvalue weighted by Gasteiger charge is 2.27. The van der Waals surface area contributed by atoms with E-state index in [4.69, 9.17) is 0 Å². The first-order valence-electron chi connectivity index (χ1n) is 7.28. The van der Waals surface area contributed by atoms with Crippen molar-refractivity contribution in [3.05, 3.63) is 30.5 Å². The maximum Gasteiger partial charge on any atom is 0.211 e. The van der Waals surface area contributed by atoms with Crippen LogP contribution in [-0.4, -0.2) is 52.2 Å². The van der Waals surface area contributed by atoms with Crippen molar-refractivity contribution in [2.45, 2.75) is 19.3 Å². The van der Waals surface area contributed by atoms with Crippen LogP contribution >= 0.6 is 0 Å². The summed E-state index contributed by atoms with van der Waals surface area (Å²) in [4.78, 5) is 8.84. The van der Waals surface area contributed by atoms with Gasteiger partial charge in [0.15, 0.2) is 0 Å². The number of nitrogens with one attached hydrogen (secondary N) is 1. The molecule has 118 valence electrons. The molecule has 2 aromatic heterocycles. The van der Waals surface area contributed by atoms with Gasteiger partial charge in [0.1, 0.15) is 0 Å². The molecule has 0 radical (unpaired) electrons. The van der Waals surface area contributed by atoms with E-state index in [2.05, 4.69) is 20.2 Å². The van der Waals surface area contributed by atoms with E-state index in [9.17, 15) is 8.42 Å². The summed E-state index contributed by atoms with van der Waals surface area (Å²) in [6.07, 6.45) is 10.7. The standard InChI is InChI=1S/C14H19N5O2S/c1-22(20,21)19-6-2-3-11(10-19)7-13-14(16-5-4-15-13)12-8-17-18-9-12/h4-5,8-9,11H,2-3,6-7,10H2,1H3,(H,17,18). The van der Waals surface area contributed by atoms with E-state index in [1.165, 1.54) is 6.26 Å². The maximum absolute atomic E-state index is 11.7. The third kappa shape index (κ3) is 3.33. The third-order valence-electron chi connectivity index (χ3n) is 3.98. The van der Waals surface area contributed by atoms with Gasteiger partial charge in [0.25, 0.3) is 0 Å². The molecule has 3 rings (SSSR count). The smallest absolute Gasteiger partial charge is 0.211 e. The van der Waals surface area contributed by atoms with Crippen LogP contribution in [0.3, 0.4) is 0 Å². The number of aromatic nitrogens is 4. The number of hydrogen-bond donors (Lipinski definition) is 1. The monoisotopic (exact) mass is 321 g/mol. The quantitative estimate of drug-likeness (QED) is 0.910. The Hall–Kier alpha value is -1.80. The van der Waals surface area contributed by atoms with Crippen LogP contribution < -0.4 is 0 Å². The van der Waals surface area contributed by atoms with Crippen LogP contribution in [0, 0.1) is 5.92 Å². The first-order valence-corrected chi connectivity index (χ1v) is 9.13. The molecule has 1 aliphatic rings. The molecule has 8 heteroatoms. The summed E-state index contributed by atoms with van der Waals surface area (Å²) < 4.78 is 25.0. The second kappa shape index (κ2) is 6.13. The maximum atomic E-state index is 11.7. The van der Waals surface area contributed by atoms with Gasteiger partial charge >= 0.3 is 0 Å². The zero-order chi connectivity index (χ0) is 15.6.